The fraction of sp³-hybridized carbons (Fsp3) is 0.455. The summed E-state index contributed by atoms with van der Waals surface area (Å²) in [5.41, 5.74) is 6.99. The molecule has 1 atom stereocenters. The van der Waals surface area contributed by atoms with Crippen LogP contribution in [0.3, 0.4) is 0 Å². The first-order chi connectivity index (χ1) is 7.07. The van der Waals surface area contributed by atoms with Crippen molar-refractivity contribution in [2.45, 2.75) is 20.3 Å². The van der Waals surface area contributed by atoms with Gasteiger partial charge in [0.25, 0.3) is 0 Å². The largest absolute Gasteiger partial charge is 0.396 e. The van der Waals surface area contributed by atoms with Gasteiger partial charge in [0.15, 0.2) is 0 Å². The molecule has 4 nitrogen and oxygen atoms in total. The second-order valence-electron chi connectivity index (χ2n) is 3.64. The first kappa shape index (κ1) is 11.5. The molecule has 1 amide bonds. The van der Waals surface area contributed by atoms with Crippen molar-refractivity contribution in [3.63, 3.8) is 0 Å². The van der Waals surface area contributed by atoms with Gasteiger partial charge in [-0.2, -0.15) is 0 Å². The first-order valence-corrected chi connectivity index (χ1v) is 5.05. The Hall–Kier alpha value is -1.58. The number of rotatable bonds is 3. The number of amides is 1. The molecule has 0 spiro atoms. The highest BCUT2D eigenvalue weighted by Crippen LogP contribution is 2.21. The number of nitrogens with zero attached hydrogens (tertiary/aromatic N) is 2. The van der Waals surface area contributed by atoms with Crippen LogP contribution in [0.15, 0.2) is 18.5 Å². The number of nitrogen functional groups attached to an aromatic ring is 1. The summed E-state index contributed by atoms with van der Waals surface area (Å²) in [7, 11) is 1.74. The quantitative estimate of drug-likeness (QED) is 0.820. The summed E-state index contributed by atoms with van der Waals surface area (Å²) in [4.78, 5) is 17.4. The predicted octanol–water partition coefficient (Wildman–Crippen LogP) is 1.67. The zero-order valence-corrected chi connectivity index (χ0v) is 9.40. The minimum absolute atomic E-state index is 0.0163. The van der Waals surface area contributed by atoms with E-state index in [1.807, 2.05) is 13.8 Å². The minimum atomic E-state index is 0.0163. The third-order valence-electron chi connectivity index (χ3n) is 2.55. The monoisotopic (exact) mass is 207 g/mol. The lowest BCUT2D eigenvalue weighted by Crippen LogP contribution is -2.31. The molecule has 0 bridgehead atoms. The molecule has 15 heavy (non-hydrogen) atoms. The molecule has 4 heteroatoms. The highest BCUT2D eigenvalue weighted by molar-refractivity contribution is 5.96. The molecule has 1 rings (SSSR count). The van der Waals surface area contributed by atoms with Gasteiger partial charge < -0.3 is 10.6 Å². The second-order valence-corrected chi connectivity index (χ2v) is 3.64. The van der Waals surface area contributed by atoms with Crippen molar-refractivity contribution in [3.05, 3.63) is 18.5 Å². The van der Waals surface area contributed by atoms with E-state index < -0.39 is 0 Å². The Labute approximate surface area is 90.1 Å². The van der Waals surface area contributed by atoms with Crippen molar-refractivity contribution in [1.82, 2.24) is 4.98 Å². The smallest absolute Gasteiger partial charge is 0.229 e. The molecule has 0 radical (unpaired) electrons. The maximum atomic E-state index is 11.9. The topological polar surface area (TPSA) is 59.2 Å². The lowest BCUT2D eigenvalue weighted by molar-refractivity contribution is -0.121. The van der Waals surface area contributed by atoms with Gasteiger partial charge in [0, 0.05) is 19.2 Å². The Morgan fingerprint density at radius 2 is 2.33 bits per heavy atom. The molecular weight excluding hydrogens is 190 g/mol. The van der Waals surface area contributed by atoms with Gasteiger partial charge in [-0.3, -0.25) is 9.78 Å². The molecule has 82 valence electrons. The van der Waals surface area contributed by atoms with Crippen LogP contribution in [0.2, 0.25) is 0 Å². The Balaban J connectivity index is 2.90. The van der Waals surface area contributed by atoms with Crippen LogP contribution in [0, 0.1) is 5.92 Å². The molecule has 1 unspecified atom stereocenters. The lowest BCUT2D eigenvalue weighted by atomic mass is 10.1. The Kier molecular flexibility index (Phi) is 3.66. The van der Waals surface area contributed by atoms with Crippen LogP contribution in [-0.4, -0.2) is 17.9 Å². The number of carbonyl (C=O) groups is 1. The minimum Gasteiger partial charge on any atom is -0.396 e. The third-order valence-corrected chi connectivity index (χ3v) is 2.55. The predicted molar refractivity (Wildman–Crippen MR) is 61.5 cm³/mol. The van der Waals surface area contributed by atoms with Crippen molar-refractivity contribution in [2.75, 3.05) is 17.7 Å². The van der Waals surface area contributed by atoms with Crippen molar-refractivity contribution in [2.24, 2.45) is 5.92 Å². The van der Waals surface area contributed by atoms with Crippen LogP contribution in [-0.2, 0) is 4.79 Å². The highest BCUT2D eigenvalue weighted by atomic mass is 16.2. The van der Waals surface area contributed by atoms with Crippen LogP contribution in [0.4, 0.5) is 11.4 Å². The maximum absolute atomic E-state index is 11.9. The highest BCUT2D eigenvalue weighted by Gasteiger charge is 2.18. The van der Waals surface area contributed by atoms with E-state index in [9.17, 15) is 4.79 Å². The summed E-state index contributed by atoms with van der Waals surface area (Å²) >= 11 is 0. The van der Waals surface area contributed by atoms with E-state index in [4.69, 9.17) is 5.73 Å². The average molecular weight is 207 g/mol. The Morgan fingerprint density at radius 1 is 1.67 bits per heavy atom. The van der Waals surface area contributed by atoms with Gasteiger partial charge in [0.1, 0.15) is 0 Å². The second kappa shape index (κ2) is 4.77. The fourth-order valence-corrected chi connectivity index (χ4v) is 1.33. The number of hydrogen-bond acceptors (Lipinski definition) is 3. The van der Waals surface area contributed by atoms with Crippen LogP contribution in [0.25, 0.3) is 0 Å². The van der Waals surface area contributed by atoms with Gasteiger partial charge in [-0.15, -0.1) is 0 Å². The van der Waals surface area contributed by atoms with Crippen LogP contribution >= 0.6 is 0 Å². The fourth-order valence-electron chi connectivity index (χ4n) is 1.33. The molecule has 1 heterocycles. The number of pyridine rings is 1. The zero-order valence-electron chi connectivity index (χ0n) is 9.40. The van der Waals surface area contributed by atoms with Gasteiger partial charge in [0.05, 0.1) is 17.6 Å². The van der Waals surface area contributed by atoms with E-state index in [1.54, 1.807) is 30.4 Å². The molecule has 2 N–H and O–H groups in total. The van der Waals surface area contributed by atoms with E-state index in [0.29, 0.717) is 5.69 Å². The number of nitrogens with two attached hydrogens (primary N) is 1. The number of aromatic nitrogens is 1. The van der Waals surface area contributed by atoms with Gasteiger partial charge >= 0.3 is 0 Å². The molecule has 0 aliphatic carbocycles. The van der Waals surface area contributed by atoms with Gasteiger partial charge in [0.2, 0.25) is 5.91 Å². The lowest BCUT2D eigenvalue weighted by Gasteiger charge is -2.21. The van der Waals surface area contributed by atoms with Crippen LogP contribution in [0.1, 0.15) is 20.3 Å². The first-order valence-electron chi connectivity index (χ1n) is 5.05. The molecule has 0 aliphatic rings. The Bertz CT molecular complexity index is 351. The average Bonchev–Trinajstić information content (AvgIpc) is 2.26. The molecule has 0 fully saturated rings. The van der Waals surface area contributed by atoms with Gasteiger partial charge in [-0.05, 0) is 12.5 Å². The number of anilines is 2. The number of hydrogen-bond donors (Lipinski definition) is 1. The molecule has 0 saturated heterocycles. The Morgan fingerprint density at radius 3 is 2.87 bits per heavy atom. The summed E-state index contributed by atoms with van der Waals surface area (Å²) in [6.45, 7) is 3.91. The SMILES string of the molecule is CCC(C)C(=O)N(C)c1ccncc1N. The van der Waals surface area contributed by atoms with Gasteiger partial charge in [-0.25, -0.2) is 0 Å². The summed E-state index contributed by atoms with van der Waals surface area (Å²) < 4.78 is 0. The van der Waals surface area contributed by atoms with E-state index in [2.05, 4.69) is 4.98 Å². The van der Waals surface area contributed by atoms with Gasteiger partial charge in [-0.1, -0.05) is 13.8 Å². The third kappa shape index (κ3) is 2.46. The molecule has 0 aliphatic heterocycles. The van der Waals surface area contributed by atoms with E-state index in [-0.39, 0.29) is 11.8 Å². The van der Waals surface area contributed by atoms with Crippen molar-refractivity contribution in [3.8, 4) is 0 Å². The number of carbonyl (C=O) groups excluding carboxylic acids is 1. The molecular formula is C11H17N3O. The van der Waals surface area contributed by atoms with Crippen molar-refractivity contribution >= 4 is 17.3 Å². The zero-order chi connectivity index (χ0) is 11.4. The summed E-state index contributed by atoms with van der Waals surface area (Å²) in [6, 6.07) is 1.75. The van der Waals surface area contributed by atoms with Crippen LogP contribution in [0.5, 0.6) is 0 Å². The molecule has 1 aromatic heterocycles. The summed E-state index contributed by atoms with van der Waals surface area (Å²) in [5, 5.41) is 0. The standard InChI is InChI=1S/C11H17N3O/c1-4-8(2)11(15)14(3)10-5-6-13-7-9(10)12/h5-8H,4,12H2,1-3H3. The van der Waals surface area contributed by atoms with Crippen molar-refractivity contribution < 1.29 is 4.79 Å². The molecule has 0 aromatic carbocycles. The summed E-state index contributed by atoms with van der Waals surface area (Å²) in [6.07, 6.45) is 4.01. The van der Waals surface area contributed by atoms with E-state index in [1.165, 1.54) is 0 Å². The van der Waals surface area contributed by atoms with E-state index >= 15 is 0 Å². The molecule has 1 aromatic rings. The van der Waals surface area contributed by atoms with E-state index in [0.717, 1.165) is 12.1 Å². The van der Waals surface area contributed by atoms with Crippen molar-refractivity contribution in [1.29, 1.82) is 0 Å². The normalized spacial score (nSPS) is 12.2. The van der Waals surface area contributed by atoms with Crippen LogP contribution < -0.4 is 10.6 Å². The molecule has 0 saturated carbocycles. The maximum Gasteiger partial charge on any atom is 0.229 e. The summed E-state index contributed by atoms with van der Waals surface area (Å²) in [5.74, 6) is 0.0953.